The Kier molecular flexibility index (Phi) is 4.95. The zero-order valence-corrected chi connectivity index (χ0v) is 14.5. The lowest BCUT2D eigenvalue weighted by Gasteiger charge is -2.07. The van der Waals surface area contributed by atoms with Gasteiger partial charge in [-0.1, -0.05) is 17.4 Å². The molecule has 1 fully saturated rings. The fourth-order valence-corrected chi connectivity index (χ4v) is 4.35. The van der Waals surface area contributed by atoms with Crippen molar-refractivity contribution in [3.05, 3.63) is 30.9 Å². The van der Waals surface area contributed by atoms with Gasteiger partial charge in [0.1, 0.15) is 6.10 Å². The number of benzene rings is 1. The van der Waals surface area contributed by atoms with Gasteiger partial charge in [-0.3, -0.25) is 10.1 Å². The number of rotatable bonds is 6. The summed E-state index contributed by atoms with van der Waals surface area (Å²) in [7, 11) is -3.59. The van der Waals surface area contributed by atoms with E-state index in [1.54, 1.807) is 12.1 Å². The molecule has 2 aromatic rings. The van der Waals surface area contributed by atoms with Crippen LogP contribution >= 0.6 is 11.3 Å². The molecular weight excluding hydrogens is 350 g/mol. The van der Waals surface area contributed by atoms with E-state index in [0.717, 1.165) is 6.42 Å². The topological polar surface area (TPSA) is 97.4 Å². The van der Waals surface area contributed by atoms with E-state index < -0.39 is 16.1 Å². The van der Waals surface area contributed by atoms with Gasteiger partial charge in [0, 0.05) is 13.2 Å². The highest BCUT2D eigenvalue weighted by molar-refractivity contribution is 7.89. The molecule has 1 aromatic carbocycles. The summed E-state index contributed by atoms with van der Waals surface area (Å²) in [6.45, 7) is 4.24. The normalized spacial score (nSPS) is 17.9. The quantitative estimate of drug-likeness (QED) is 0.760. The third-order valence-corrected chi connectivity index (χ3v) is 5.89. The second-order valence-corrected chi connectivity index (χ2v) is 8.08. The van der Waals surface area contributed by atoms with Gasteiger partial charge in [0.25, 0.3) is 5.91 Å². The summed E-state index contributed by atoms with van der Waals surface area (Å²) in [5.41, 5.74) is 0.630. The number of anilines is 1. The third-order valence-electron chi connectivity index (χ3n) is 3.54. The molecule has 0 spiro atoms. The second kappa shape index (κ2) is 6.98. The van der Waals surface area contributed by atoms with E-state index in [0.29, 0.717) is 28.4 Å². The van der Waals surface area contributed by atoms with E-state index >= 15 is 0 Å². The average Bonchev–Trinajstić information content (AvgIpc) is 3.21. The van der Waals surface area contributed by atoms with E-state index in [-0.39, 0.29) is 17.3 Å². The van der Waals surface area contributed by atoms with Gasteiger partial charge in [-0.2, -0.15) is 0 Å². The fourth-order valence-electron chi connectivity index (χ4n) is 2.35. The van der Waals surface area contributed by atoms with Crippen LogP contribution in [0.15, 0.2) is 35.7 Å². The maximum Gasteiger partial charge on any atom is 0.255 e. The molecular formula is C15H17N3O4S2. The first-order valence-electron chi connectivity index (χ1n) is 7.43. The second-order valence-electron chi connectivity index (χ2n) is 5.28. The number of ether oxygens (including phenoxy) is 1. The lowest BCUT2D eigenvalue weighted by Crippen LogP contribution is -2.26. The molecule has 1 aromatic heterocycles. The Balaban J connectivity index is 1.81. The van der Waals surface area contributed by atoms with Crippen LogP contribution in [0.3, 0.4) is 0 Å². The van der Waals surface area contributed by atoms with Gasteiger partial charge in [0.05, 0.1) is 15.1 Å². The van der Waals surface area contributed by atoms with Crippen molar-refractivity contribution in [3.8, 4) is 0 Å². The molecule has 0 saturated carbocycles. The number of nitrogens with one attached hydrogen (secondary N) is 2. The molecule has 1 aliphatic heterocycles. The highest BCUT2D eigenvalue weighted by Gasteiger charge is 2.24. The number of amides is 1. The molecule has 0 radical (unpaired) electrons. The Morgan fingerprint density at radius 1 is 1.50 bits per heavy atom. The van der Waals surface area contributed by atoms with Gasteiger partial charge in [-0.25, -0.2) is 18.1 Å². The standard InChI is InChI=1S/C15H17N3O4S2/c1-2-7-16-24(20,21)10-5-6-11-13(9-10)23-15(17-11)18-14(19)12-4-3-8-22-12/h2,5-6,9,12,16H,1,3-4,7-8H2,(H,17,18,19)/t12-/m0/s1. The minimum atomic E-state index is -3.59. The maximum atomic E-state index is 12.1. The summed E-state index contributed by atoms with van der Waals surface area (Å²) in [6.07, 6.45) is 2.61. The van der Waals surface area contributed by atoms with Crippen molar-refractivity contribution in [2.24, 2.45) is 0 Å². The van der Waals surface area contributed by atoms with E-state index in [1.165, 1.54) is 23.5 Å². The molecule has 2 N–H and O–H groups in total. The van der Waals surface area contributed by atoms with Crippen LogP contribution in [0.4, 0.5) is 5.13 Å². The number of aromatic nitrogens is 1. The zero-order chi connectivity index (χ0) is 17.2. The van der Waals surface area contributed by atoms with Crippen LogP contribution < -0.4 is 10.0 Å². The Morgan fingerprint density at radius 3 is 3.04 bits per heavy atom. The highest BCUT2D eigenvalue weighted by Crippen LogP contribution is 2.28. The van der Waals surface area contributed by atoms with Crippen LogP contribution in [-0.4, -0.2) is 38.6 Å². The van der Waals surface area contributed by atoms with Crippen molar-refractivity contribution in [2.75, 3.05) is 18.5 Å². The molecule has 0 bridgehead atoms. The Hall–Kier alpha value is -1.81. The predicted molar refractivity (Wildman–Crippen MR) is 92.6 cm³/mol. The first kappa shape index (κ1) is 17.0. The van der Waals surface area contributed by atoms with Crippen molar-refractivity contribution in [1.82, 2.24) is 9.71 Å². The van der Waals surface area contributed by atoms with Gasteiger partial charge in [-0.05, 0) is 31.0 Å². The molecule has 128 valence electrons. The summed E-state index contributed by atoms with van der Waals surface area (Å²) < 4.78 is 32.7. The van der Waals surface area contributed by atoms with Crippen LogP contribution in [0.2, 0.25) is 0 Å². The fraction of sp³-hybridized carbons (Fsp3) is 0.333. The molecule has 0 unspecified atom stereocenters. The number of carbonyl (C=O) groups excluding carboxylic acids is 1. The van der Waals surface area contributed by atoms with Crippen molar-refractivity contribution in [1.29, 1.82) is 0 Å². The number of fused-ring (bicyclic) bond motifs is 1. The molecule has 1 amide bonds. The van der Waals surface area contributed by atoms with Gasteiger partial charge in [0.2, 0.25) is 10.0 Å². The molecule has 0 aliphatic carbocycles. The lowest BCUT2D eigenvalue weighted by atomic mass is 10.2. The number of hydrogen-bond acceptors (Lipinski definition) is 6. The van der Waals surface area contributed by atoms with Gasteiger partial charge < -0.3 is 4.74 Å². The molecule has 1 saturated heterocycles. The maximum absolute atomic E-state index is 12.1. The lowest BCUT2D eigenvalue weighted by molar-refractivity contribution is -0.124. The summed E-state index contributed by atoms with van der Waals surface area (Å²) >= 11 is 1.23. The molecule has 7 nitrogen and oxygen atoms in total. The number of carbonyl (C=O) groups is 1. The van der Waals surface area contributed by atoms with Gasteiger partial charge in [-0.15, -0.1) is 6.58 Å². The summed E-state index contributed by atoms with van der Waals surface area (Å²) in [6, 6.07) is 4.65. The van der Waals surface area contributed by atoms with Crippen molar-refractivity contribution in [2.45, 2.75) is 23.8 Å². The van der Waals surface area contributed by atoms with Crippen LogP contribution in [0, 0.1) is 0 Å². The number of hydrogen-bond donors (Lipinski definition) is 2. The van der Waals surface area contributed by atoms with Crippen LogP contribution in [0.5, 0.6) is 0 Å². The Labute approximate surface area is 143 Å². The molecule has 2 heterocycles. The monoisotopic (exact) mass is 367 g/mol. The predicted octanol–water partition coefficient (Wildman–Crippen LogP) is 1.88. The highest BCUT2D eigenvalue weighted by atomic mass is 32.2. The third kappa shape index (κ3) is 3.64. The minimum Gasteiger partial charge on any atom is -0.368 e. The van der Waals surface area contributed by atoms with Crippen molar-refractivity contribution < 1.29 is 17.9 Å². The van der Waals surface area contributed by atoms with Crippen LogP contribution in [-0.2, 0) is 19.6 Å². The van der Waals surface area contributed by atoms with E-state index in [2.05, 4.69) is 21.6 Å². The Bertz CT molecular complexity index is 870. The average molecular weight is 367 g/mol. The minimum absolute atomic E-state index is 0.150. The molecule has 3 rings (SSSR count). The molecule has 9 heteroatoms. The Morgan fingerprint density at radius 2 is 2.33 bits per heavy atom. The van der Waals surface area contributed by atoms with Crippen molar-refractivity contribution in [3.63, 3.8) is 0 Å². The van der Waals surface area contributed by atoms with E-state index in [4.69, 9.17) is 4.74 Å². The van der Waals surface area contributed by atoms with E-state index in [1.807, 2.05) is 0 Å². The largest absolute Gasteiger partial charge is 0.368 e. The van der Waals surface area contributed by atoms with Gasteiger partial charge >= 0.3 is 0 Å². The smallest absolute Gasteiger partial charge is 0.255 e. The first-order valence-corrected chi connectivity index (χ1v) is 9.73. The molecule has 24 heavy (non-hydrogen) atoms. The zero-order valence-electron chi connectivity index (χ0n) is 12.8. The first-order chi connectivity index (χ1) is 11.5. The summed E-state index contributed by atoms with van der Waals surface area (Å²) in [5.74, 6) is -0.216. The van der Waals surface area contributed by atoms with Crippen molar-refractivity contribution >= 4 is 42.6 Å². The van der Waals surface area contributed by atoms with Crippen LogP contribution in [0.1, 0.15) is 12.8 Å². The summed E-state index contributed by atoms with van der Waals surface area (Å²) in [5, 5.41) is 3.16. The van der Waals surface area contributed by atoms with Gasteiger partial charge in [0.15, 0.2) is 5.13 Å². The molecule has 1 aliphatic rings. The SMILES string of the molecule is C=CCNS(=O)(=O)c1ccc2nc(NC(=O)[C@@H]3CCCO3)sc2c1. The number of thiazole rings is 1. The molecule has 1 atom stereocenters. The summed E-state index contributed by atoms with van der Waals surface area (Å²) in [4.78, 5) is 16.5. The number of nitrogens with zero attached hydrogens (tertiary/aromatic N) is 1. The van der Waals surface area contributed by atoms with Crippen LogP contribution in [0.25, 0.3) is 10.2 Å². The number of sulfonamides is 1. The van der Waals surface area contributed by atoms with E-state index in [9.17, 15) is 13.2 Å².